The van der Waals surface area contributed by atoms with Crippen molar-refractivity contribution in [1.82, 2.24) is 10.2 Å². The summed E-state index contributed by atoms with van der Waals surface area (Å²) in [4.78, 5) is 42.4. The Morgan fingerprint density at radius 3 is 2.52 bits per heavy atom. The predicted octanol–water partition coefficient (Wildman–Crippen LogP) is -1.12. The largest absolute Gasteiger partial charge is 0.508 e. The van der Waals surface area contributed by atoms with Crippen molar-refractivity contribution in [2.45, 2.75) is 50.2 Å². The average Bonchev–Trinajstić information content (AvgIpc) is 3.21. The molecule has 170 valence electrons. The van der Waals surface area contributed by atoms with E-state index in [0.29, 0.717) is 44.3 Å². The maximum Gasteiger partial charge on any atom is 0.326 e. The number of carboxylic acid groups (broad SMARTS) is 1. The minimum atomic E-state index is -1.19. The first-order chi connectivity index (χ1) is 14.7. The monoisotopic (exact) mass is 434 g/mol. The lowest BCUT2D eigenvalue weighted by molar-refractivity contribution is -0.144. The SMILES string of the molecule is NC(N)=NCCC[C@H](N)C(=O)N1CCC[C@H]1C(=O)N[C@@H](Cc1ccc(O)cc1)C(=O)O. The first-order valence-electron chi connectivity index (χ1n) is 10.1. The zero-order chi connectivity index (χ0) is 23.0. The standard InChI is InChI=1S/C20H30N6O5/c21-14(3-1-9-24-20(22)23)18(29)26-10-2-4-16(26)17(28)25-15(19(30)31)11-12-5-7-13(27)8-6-12/h5-8,14-16,27H,1-4,9-11,21H2,(H,25,28)(H,30,31)(H4,22,23,24)/t14-,15-,16-/m0/s1. The second-order valence-electron chi connectivity index (χ2n) is 7.51. The third kappa shape index (κ3) is 7.14. The van der Waals surface area contributed by atoms with Gasteiger partial charge in [-0.3, -0.25) is 14.6 Å². The van der Waals surface area contributed by atoms with Crippen LogP contribution in [0.15, 0.2) is 29.3 Å². The number of benzene rings is 1. The fraction of sp³-hybridized carbons (Fsp3) is 0.500. The molecule has 1 aliphatic heterocycles. The van der Waals surface area contributed by atoms with Gasteiger partial charge in [0.15, 0.2) is 5.96 Å². The number of aliphatic carboxylic acids is 1. The fourth-order valence-corrected chi connectivity index (χ4v) is 3.49. The van der Waals surface area contributed by atoms with E-state index >= 15 is 0 Å². The van der Waals surface area contributed by atoms with E-state index < -0.39 is 30.0 Å². The van der Waals surface area contributed by atoms with Crippen molar-refractivity contribution in [2.75, 3.05) is 13.1 Å². The van der Waals surface area contributed by atoms with Gasteiger partial charge in [-0.25, -0.2) is 4.79 Å². The summed E-state index contributed by atoms with van der Waals surface area (Å²) in [6, 6.07) is 3.34. The molecule has 3 atom stereocenters. The van der Waals surface area contributed by atoms with Crippen LogP contribution in [0.25, 0.3) is 0 Å². The predicted molar refractivity (Wildman–Crippen MR) is 114 cm³/mol. The Labute approximate surface area is 180 Å². The molecule has 0 aromatic heterocycles. The van der Waals surface area contributed by atoms with Crippen molar-refractivity contribution in [3.8, 4) is 5.75 Å². The molecule has 1 saturated heterocycles. The topological polar surface area (TPSA) is 197 Å². The lowest BCUT2D eigenvalue weighted by Gasteiger charge is -2.27. The molecule has 0 radical (unpaired) electrons. The third-order valence-electron chi connectivity index (χ3n) is 5.11. The first-order valence-corrected chi connectivity index (χ1v) is 10.1. The molecular weight excluding hydrogens is 404 g/mol. The quantitative estimate of drug-likeness (QED) is 0.151. The molecule has 0 unspecified atom stereocenters. The number of phenolic OH excluding ortho intramolecular Hbond substituents is 1. The molecule has 1 aromatic carbocycles. The number of hydrogen-bond acceptors (Lipinski definition) is 6. The first kappa shape index (κ1) is 23.9. The van der Waals surface area contributed by atoms with Crippen molar-refractivity contribution >= 4 is 23.7 Å². The van der Waals surface area contributed by atoms with Crippen molar-refractivity contribution < 1.29 is 24.6 Å². The molecule has 31 heavy (non-hydrogen) atoms. The van der Waals surface area contributed by atoms with Crippen LogP contribution in [0.3, 0.4) is 0 Å². The number of phenols is 1. The van der Waals surface area contributed by atoms with Crippen LogP contribution >= 0.6 is 0 Å². The van der Waals surface area contributed by atoms with Gasteiger partial charge in [0.2, 0.25) is 11.8 Å². The number of hydrogen-bond donors (Lipinski definition) is 6. The smallest absolute Gasteiger partial charge is 0.326 e. The summed E-state index contributed by atoms with van der Waals surface area (Å²) in [5.74, 6) is -2.03. The zero-order valence-corrected chi connectivity index (χ0v) is 17.2. The van der Waals surface area contributed by atoms with E-state index in [4.69, 9.17) is 17.2 Å². The van der Waals surface area contributed by atoms with E-state index in [9.17, 15) is 24.6 Å². The van der Waals surface area contributed by atoms with Gasteiger partial charge in [0, 0.05) is 19.5 Å². The maximum atomic E-state index is 12.8. The molecule has 2 amide bonds. The number of likely N-dealkylation sites (tertiary alicyclic amines) is 1. The van der Waals surface area contributed by atoms with Gasteiger partial charge in [-0.2, -0.15) is 0 Å². The Morgan fingerprint density at radius 2 is 1.90 bits per heavy atom. The molecule has 1 aliphatic rings. The molecule has 1 aromatic rings. The highest BCUT2D eigenvalue weighted by atomic mass is 16.4. The van der Waals surface area contributed by atoms with Crippen molar-refractivity contribution in [3.05, 3.63) is 29.8 Å². The van der Waals surface area contributed by atoms with E-state index in [-0.39, 0.29) is 24.0 Å². The van der Waals surface area contributed by atoms with Crippen LogP contribution in [0.2, 0.25) is 0 Å². The Morgan fingerprint density at radius 1 is 1.23 bits per heavy atom. The number of nitrogens with zero attached hydrogens (tertiary/aromatic N) is 2. The lowest BCUT2D eigenvalue weighted by Crippen LogP contribution is -2.54. The van der Waals surface area contributed by atoms with E-state index in [1.807, 2.05) is 0 Å². The van der Waals surface area contributed by atoms with Crippen LogP contribution in [0, 0.1) is 0 Å². The Balaban J connectivity index is 1.96. The highest BCUT2D eigenvalue weighted by molar-refractivity contribution is 5.92. The highest BCUT2D eigenvalue weighted by Gasteiger charge is 2.37. The molecule has 0 spiro atoms. The Bertz CT molecular complexity index is 809. The average molecular weight is 434 g/mol. The Kier molecular flexibility index (Phi) is 8.62. The summed E-state index contributed by atoms with van der Waals surface area (Å²) >= 11 is 0. The highest BCUT2D eigenvalue weighted by Crippen LogP contribution is 2.20. The second-order valence-corrected chi connectivity index (χ2v) is 7.51. The summed E-state index contributed by atoms with van der Waals surface area (Å²) in [6.45, 7) is 0.735. The van der Waals surface area contributed by atoms with E-state index in [2.05, 4.69) is 10.3 Å². The number of rotatable bonds is 10. The molecular formula is C20H30N6O5. The number of amides is 2. The van der Waals surface area contributed by atoms with Gasteiger partial charge < -0.3 is 37.6 Å². The van der Waals surface area contributed by atoms with E-state index in [0.717, 1.165) is 0 Å². The van der Waals surface area contributed by atoms with Gasteiger partial charge in [-0.15, -0.1) is 0 Å². The van der Waals surface area contributed by atoms with Gasteiger partial charge in [0.25, 0.3) is 0 Å². The van der Waals surface area contributed by atoms with Crippen LogP contribution in [-0.4, -0.2) is 70.1 Å². The lowest BCUT2D eigenvalue weighted by atomic mass is 10.0. The molecule has 2 rings (SSSR count). The summed E-state index contributed by atoms with van der Waals surface area (Å²) < 4.78 is 0. The number of carboxylic acids is 1. The summed E-state index contributed by atoms with van der Waals surface area (Å²) in [6.07, 6.45) is 1.98. The van der Waals surface area contributed by atoms with Crippen LogP contribution in [0.4, 0.5) is 0 Å². The molecule has 0 bridgehead atoms. The van der Waals surface area contributed by atoms with Crippen LogP contribution in [0.1, 0.15) is 31.2 Å². The molecule has 1 fully saturated rings. The minimum Gasteiger partial charge on any atom is -0.508 e. The van der Waals surface area contributed by atoms with Crippen molar-refractivity contribution in [2.24, 2.45) is 22.2 Å². The molecule has 11 heteroatoms. The van der Waals surface area contributed by atoms with Gasteiger partial charge in [0.05, 0.1) is 6.04 Å². The summed E-state index contributed by atoms with van der Waals surface area (Å²) in [7, 11) is 0. The Hall–Kier alpha value is -3.34. The molecule has 11 nitrogen and oxygen atoms in total. The zero-order valence-electron chi connectivity index (χ0n) is 17.2. The third-order valence-corrected chi connectivity index (χ3v) is 5.11. The maximum absolute atomic E-state index is 12.8. The fourth-order valence-electron chi connectivity index (χ4n) is 3.49. The normalized spacial score (nSPS) is 17.6. The number of aromatic hydroxyl groups is 1. The van der Waals surface area contributed by atoms with Gasteiger partial charge in [-0.05, 0) is 43.4 Å². The van der Waals surface area contributed by atoms with Gasteiger partial charge in [0.1, 0.15) is 17.8 Å². The molecule has 0 aliphatic carbocycles. The van der Waals surface area contributed by atoms with Crippen molar-refractivity contribution in [1.29, 1.82) is 0 Å². The molecule has 9 N–H and O–H groups in total. The van der Waals surface area contributed by atoms with E-state index in [1.54, 1.807) is 12.1 Å². The van der Waals surface area contributed by atoms with Crippen LogP contribution in [0.5, 0.6) is 5.75 Å². The van der Waals surface area contributed by atoms with Crippen molar-refractivity contribution in [3.63, 3.8) is 0 Å². The number of carbonyl (C=O) groups excluding carboxylic acids is 2. The van der Waals surface area contributed by atoms with Gasteiger partial charge >= 0.3 is 5.97 Å². The van der Waals surface area contributed by atoms with Crippen LogP contribution < -0.4 is 22.5 Å². The summed E-state index contributed by atoms with van der Waals surface area (Å²) in [5.41, 5.74) is 17.2. The molecule has 0 saturated carbocycles. The summed E-state index contributed by atoms with van der Waals surface area (Å²) in [5, 5.41) is 21.4. The number of guanidine groups is 1. The van der Waals surface area contributed by atoms with Gasteiger partial charge in [-0.1, -0.05) is 12.1 Å². The van der Waals surface area contributed by atoms with E-state index in [1.165, 1.54) is 17.0 Å². The second kappa shape index (κ2) is 11.2. The number of aliphatic imine (C=N–C) groups is 1. The van der Waals surface area contributed by atoms with Crippen LogP contribution in [-0.2, 0) is 20.8 Å². The molecule has 1 heterocycles. The number of nitrogens with one attached hydrogen (secondary N) is 1. The number of carbonyl (C=O) groups is 3. The minimum absolute atomic E-state index is 0.0311. The number of nitrogens with two attached hydrogens (primary N) is 3.